The normalized spacial score (nSPS) is 12.8. The van der Waals surface area contributed by atoms with Crippen LogP contribution >= 0.6 is 0 Å². The molecule has 0 saturated carbocycles. The van der Waals surface area contributed by atoms with Crippen molar-refractivity contribution in [2.45, 2.75) is 0 Å². The van der Waals surface area contributed by atoms with Gasteiger partial charge in [0, 0.05) is 0 Å². The fraction of sp³-hybridized carbons (Fsp3) is 0.0625. The highest BCUT2D eigenvalue weighted by atomic mass is 16.7. The molecule has 26 heavy (non-hydrogen) atoms. The molecule has 4 rings (SSSR count). The number of benzene rings is 2. The van der Waals surface area contributed by atoms with E-state index in [4.69, 9.17) is 9.47 Å². The second kappa shape index (κ2) is 5.84. The number of nitrogens with zero attached hydrogens (tertiary/aromatic N) is 3. The maximum absolute atomic E-state index is 12.4. The van der Waals surface area contributed by atoms with Crippen LogP contribution in [-0.2, 0) is 0 Å². The molecule has 0 saturated heterocycles. The minimum atomic E-state index is -0.756. The molecular weight excluding hydrogens is 344 g/mol. The van der Waals surface area contributed by atoms with Gasteiger partial charge in [-0.15, -0.1) is 4.68 Å². The van der Waals surface area contributed by atoms with Crippen LogP contribution in [0.15, 0.2) is 51.1 Å². The van der Waals surface area contributed by atoms with Crippen LogP contribution in [0.2, 0.25) is 0 Å². The summed E-state index contributed by atoms with van der Waals surface area (Å²) in [5.41, 5.74) is -1.23. The van der Waals surface area contributed by atoms with E-state index >= 15 is 0 Å². The molecule has 1 aromatic heterocycles. The van der Waals surface area contributed by atoms with Crippen LogP contribution in [0.25, 0.3) is 10.9 Å². The largest absolute Gasteiger partial charge is 0.454 e. The van der Waals surface area contributed by atoms with Crippen LogP contribution in [0.1, 0.15) is 5.56 Å². The summed E-state index contributed by atoms with van der Waals surface area (Å²) in [6.45, 7) is -0.0448. The molecule has 0 spiro atoms. The summed E-state index contributed by atoms with van der Waals surface area (Å²) in [5.74, 6) is 0.561. The Hall–Kier alpha value is -3.95. The first-order chi connectivity index (χ1) is 12.5. The van der Waals surface area contributed by atoms with Gasteiger partial charge in [0.05, 0.1) is 33.7 Å². The van der Waals surface area contributed by atoms with Crippen molar-refractivity contribution in [1.82, 2.24) is 9.66 Å². The van der Waals surface area contributed by atoms with Crippen LogP contribution in [-0.4, -0.2) is 27.6 Å². The fourth-order valence-electron chi connectivity index (χ4n) is 2.59. The second-order valence-corrected chi connectivity index (χ2v) is 5.36. The lowest BCUT2D eigenvalue weighted by Gasteiger charge is -2.02. The minimum absolute atomic E-state index is 0.0448. The van der Waals surface area contributed by atoms with Crippen molar-refractivity contribution < 1.29 is 14.4 Å². The molecule has 0 atom stereocenters. The molecule has 0 unspecified atom stereocenters. The van der Waals surface area contributed by atoms with Crippen LogP contribution in [0.5, 0.6) is 11.5 Å². The molecule has 0 aliphatic carbocycles. The molecule has 0 fully saturated rings. The first-order valence-corrected chi connectivity index (χ1v) is 7.41. The number of hydrogen-bond donors (Lipinski definition) is 1. The predicted octanol–water partition coefficient (Wildman–Crippen LogP) is 1.21. The Kier molecular flexibility index (Phi) is 3.50. The minimum Gasteiger partial charge on any atom is -0.454 e. The summed E-state index contributed by atoms with van der Waals surface area (Å²) < 4.78 is 10.9. The van der Waals surface area contributed by atoms with E-state index in [1.807, 2.05) is 0 Å². The van der Waals surface area contributed by atoms with Gasteiger partial charge in [0.2, 0.25) is 6.79 Å². The Morgan fingerprint density at radius 2 is 1.92 bits per heavy atom. The van der Waals surface area contributed by atoms with Gasteiger partial charge in [0.1, 0.15) is 0 Å². The van der Waals surface area contributed by atoms with Crippen LogP contribution in [0.3, 0.4) is 0 Å². The van der Waals surface area contributed by atoms with E-state index < -0.39 is 16.2 Å². The monoisotopic (exact) mass is 354 g/mol. The van der Waals surface area contributed by atoms with E-state index in [1.165, 1.54) is 12.1 Å². The number of fused-ring (bicyclic) bond motifs is 2. The van der Waals surface area contributed by atoms with Gasteiger partial charge in [-0.2, -0.15) is 5.10 Å². The van der Waals surface area contributed by atoms with E-state index in [9.17, 15) is 19.7 Å². The third-order valence-electron chi connectivity index (χ3n) is 3.81. The predicted molar refractivity (Wildman–Crippen MR) is 91.0 cm³/mol. The number of para-hydroxylation sites is 1. The molecule has 3 aromatic rings. The Bertz CT molecular complexity index is 1190. The zero-order valence-corrected chi connectivity index (χ0v) is 13.0. The summed E-state index contributed by atoms with van der Waals surface area (Å²) in [7, 11) is 0. The van der Waals surface area contributed by atoms with Gasteiger partial charge >= 0.3 is 5.69 Å². The highest BCUT2D eigenvalue weighted by Gasteiger charge is 2.22. The number of nitro groups is 1. The van der Waals surface area contributed by atoms with Crippen LogP contribution in [0.4, 0.5) is 5.69 Å². The molecule has 1 aliphatic heterocycles. The Labute approximate surface area is 144 Å². The van der Waals surface area contributed by atoms with Crippen molar-refractivity contribution in [2.24, 2.45) is 5.10 Å². The number of aromatic amines is 1. The first-order valence-electron chi connectivity index (χ1n) is 7.41. The number of hydrogen-bond acceptors (Lipinski definition) is 7. The quantitative estimate of drug-likeness (QED) is 0.427. The van der Waals surface area contributed by atoms with E-state index in [1.54, 1.807) is 24.3 Å². The number of H-pyrrole nitrogens is 1. The van der Waals surface area contributed by atoms with E-state index in [0.29, 0.717) is 15.9 Å². The maximum atomic E-state index is 12.4. The Morgan fingerprint density at radius 1 is 1.19 bits per heavy atom. The number of aromatic nitrogens is 2. The summed E-state index contributed by atoms with van der Waals surface area (Å²) in [5, 5.41) is 15.3. The van der Waals surface area contributed by atoms with Crippen molar-refractivity contribution in [2.75, 3.05) is 6.79 Å². The molecule has 1 aliphatic rings. The number of nitrogens with one attached hydrogen (secondary N) is 1. The number of nitro benzene ring substituents is 1. The average Bonchev–Trinajstić information content (AvgIpc) is 3.08. The third-order valence-corrected chi connectivity index (χ3v) is 3.81. The molecule has 0 radical (unpaired) electrons. The van der Waals surface area contributed by atoms with Gasteiger partial charge in [-0.25, -0.2) is 4.79 Å². The molecule has 10 nitrogen and oxygen atoms in total. The summed E-state index contributed by atoms with van der Waals surface area (Å²) >= 11 is 0. The van der Waals surface area contributed by atoms with Gasteiger partial charge in [0.15, 0.2) is 11.5 Å². The number of ether oxygens (including phenoxy) is 2. The van der Waals surface area contributed by atoms with Gasteiger partial charge in [-0.05, 0) is 18.2 Å². The van der Waals surface area contributed by atoms with Crippen molar-refractivity contribution in [3.05, 3.63) is 72.9 Å². The van der Waals surface area contributed by atoms with E-state index in [-0.39, 0.29) is 29.2 Å². The number of rotatable bonds is 3. The van der Waals surface area contributed by atoms with Crippen molar-refractivity contribution in [3.8, 4) is 11.5 Å². The Morgan fingerprint density at radius 3 is 2.69 bits per heavy atom. The molecule has 1 N–H and O–H groups in total. The van der Waals surface area contributed by atoms with Gasteiger partial charge in [-0.1, -0.05) is 12.1 Å². The molecule has 130 valence electrons. The summed E-state index contributed by atoms with van der Waals surface area (Å²) in [6.07, 6.45) is 1.06. The van der Waals surface area contributed by atoms with Crippen molar-refractivity contribution in [3.63, 3.8) is 0 Å². The molecule has 0 amide bonds. The van der Waals surface area contributed by atoms with Gasteiger partial charge in [0.25, 0.3) is 11.2 Å². The fourth-order valence-corrected chi connectivity index (χ4v) is 2.59. The van der Waals surface area contributed by atoms with Crippen molar-refractivity contribution >= 4 is 22.8 Å². The first kappa shape index (κ1) is 15.6. The lowest BCUT2D eigenvalue weighted by molar-refractivity contribution is -0.385. The molecule has 2 aromatic carbocycles. The second-order valence-electron chi connectivity index (χ2n) is 5.36. The van der Waals surface area contributed by atoms with Crippen LogP contribution in [0, 0.1) is 10.1 Å². The van der Waals surface area contributed by atoms with Crippen LogP contribution < -0.4 is 20.7 Å². The van der Waals surface area contributed by atoms with Crippen molar-refractivity contribution in [1.29, 1.82) is 0 Å². The lowest BCUT2D eigenvalue weighted by Crippen LogP contribution is -2.32. The molecule has 0 bridgehead atoms. The topological polar surface area (TPSA) is 129 Å². The van der Waals surface area contributed by atoms with Gasteiger partial charge < -0.3 is 14.5 Å². The Balaban J connectivity index is 1.85. The summed E-state index contributed by atoms with van der Waals surface area (Å²) in [6, 6.07) is 9.04. The molecule has 2 heterocycles. The third kappa shape index (κ3) is 2.49. The summed E-state index contributed by atoms with van der Waals surface area (Å²) in [4.78, 5) is 37.7. The molecule has 10 heteroatoms. The standard InChI is InChI=1S/C16H10N4O6/c21-15-10-3-1-2-4-11(10)18-16(22)19(15)17-7-9-5-13-14(26-8-25-13)6-12(9)20(23)24/h1-7H,8H2,(H,18,22). The molecular formula is C16H10N4O6. The van der Waals surface area contributed by atoms with Gasteiger partial charge in [-0.3, -0.25) is 14.9 Å². The zero-order chi connectivity index (χ0) is 18.3. The highest BCUT2D eigenvalue weighted by Crippen LogP contribution is 2.37. The SMILES string of the molecule is O=c1[nH]c2ccccc2c(=O)n1N=Cc1cc2c(cc1[N+](=O)[O-])OCO2. The van der Waals surface area contributed by atoms with E-state index in [2.05, 4.69) is 10.1 Å². The lowest BCUT2D eigenvalue weighted by atomic mass is 10.1. The highest BCUT2D eigenvalue weighted by molar-refractivity contribution is 5.87. The maximum Gasteiger partial charge on any atom is 0.349 e. The van der Waals surface area contributed by atoms with E-state index in [0.717, 1.165) is 6.21 Å². The zero-order valence-electron chi connectivity index (χ0n) is 13.0. The smallest absolute Gasteiger partial charge is 0.349 e. The average molecular weight is 354 g/mol.